The van der Waals surface area contributed by atoms with E-state index in [1.807, 2.05) is 0 Å². The first-order chi connectivity index (χ1) is 8.72. The number of nitrogens with zero attached hydrogens (tertiary/aromatic N) is 1. The molecule has 1 aromatic rings. The maximum atomic E-state index is 6.18. The first-order valence-electron chi connectivity index (χ1n) is 6.89. The van der Waals surface area contributed by atoms with E-state index in [-0.39, 0.29) is 6.04 Å². The van der Waals surface area contributed by atoms with Crippen LogP contribution >= 0.6 is 0 Å². The third-order valence-corrected chi connectivity index (χ3v) is 3.69. The van der Waals surface area contributed by atoms with Crippen molar-refractivity contribution in [3.05, 3.63) is 29.8 Å². The number of benzene rings is 1. The molecular weight excluding hydrogens is 224 g/mol. The molecule has 2 atom stereocenters. The van der Waals surface area contributed by atoms with E-state index in [4.69, 9.17) is 10.5 Å². The minimum Gasteiger partial charge on any atom is -0.376 e. The van der Waals surface area contributed by atoms with Crippen molar-refractivity contribution in [1.29, 1.82) is 0 Å². The zero-order chi connectivity index (χ0) is 13.0. The SMILES string of the molecule is CCC(N)c1ccccc1N(C)CC1CCCO1. The quantitative estimate of drug-likeness (QED) is 0.870. The van der Waals surface area contributed by atoms with Crippen LogP contribution in [0.4, 0.5) is 5.69 Å². The van der Waals surface area contributed by atoms with Gasteiger partial charge in [0, 0.05) is 31.9 Å². The van der Waals surface area contributed by atoms with Gasteiger partial charge < -0.3 is 15.4 Å². The van der Waals surface area contributed by atoms with Gasteiger partial charge in [0.2, 0.25) is 0 Å². The summed E-state index contributed by atoms with van der Waals surface area (Å²) in [5.74, 6) is 0. The number of ether oxygens (including phenoxy) is 1. The van der Waals surface area contributed by atoms with E-state index in [9.17, 15) is 0 Å². The average molecular weight is 248 g/mol. The molecule has 1 fully saturated rings. The van der Waals surface area contributed by atoms with E-state index in [1.165, 1.54) is 24.1 Å². The molecule has 3 nitrogen and oxygen atoms in total. The van der Waals surface area contributed by atoms with Crippen LogP contribution in [0.5, 0.6) is 0 Å². The van der Waals surface area contributed by atoms with Crippen molar-refractivity contribution in [3.8, 4) is 0 Å². The normalized spacial score (nSPS) is 20.9. The van der Waals surface area contributed by atoms with Crippen LogP contribution in [-0.4, -0.2) is 26.3 Å². The second-order valence-electron chi connectivity index (χ2n) is 5.09. The van der Waals surface area contributed by atoms with E-state index in [0.717, 1.165) is 19.6 Å². The van der Waals surface area contributed by atoms with Gasteiger partial charge in [-0.15, -0.1) is 0 Å². The number of anilines is 1. The van der Waals surface area contributed by atoms with Crippen LogP contribution in [-0.2, 0) is 4.74 Å². The Bertz CT molecular complexity index is 375. The molecule has 2 N–H and O–H groups in total. The predicted octanol–water partition coefficient (Wildman–Crippen LogP) is 2.71. The van der Waals surface area contributed by atoms with Crippen molar-refractivity contribution in [2.24, 2.45) is 5.73 Å². The first-order valence-corrected chi connectivity index (χ1v) is 6.89. The molecule has 0 saturated carbocycles. The fourth-order valence-electron chi connectivity index (χ4n) is 2.56. The second-order valence-corrected chi connectivity index (χ2v) is 5.09. The van der Waals surface area contributed by atoms with Crippen LogP contribution in [0.25, 0.3) is 0 Å². The molecule has 1 aliphatic rings. The summed E-state index contributed by atoms with van der Waals surface area (Å²) in [6, 6.07) is 8.55. The Kier molecular flexibility index (Phi) is 4.61. The molecule has 0 amide bonds. The average Bonchev–Trinajstić information content (AvgIpc) is 2.90. The Morgan fingerprint density at radius 2 is 2.22 bits per heavy atom. The highest BCUT2D eigenvalue weighted by atomic mass is 16.5. The molecular formula is C15H24N2O. The fraction of sp³-hybridized carbons (Fsp3) is 0.600. The topological polar surface area (TPSA) is 38.5 Å². The van der Waals surface area contributed by atoms with Crippen LogP contribution in [0, 0.1) is 0 Å². The molecule has 0 radical (unpaired) electrons. The number of rotatable bonds is 5. The highest BCUT2D eigenvalue weighted by molar-refractivity contribution is 5.54. The van der Waals surface area contributed by atoms with Crippen molar-refractivity contribution >= 4 is 5.69 Å². The Morgan fingerprint density at radius 1 is 1.44 bits per heavy atom. The van der Waals surface area contributed by atoms with Gasteiger partial charge in [-0.3, -0.25) is 0 Å². The minimum absolute atomic E-state index is 0.119. The van der Waals surface area contributed by atoms with Crippen molar-refractivity contribution in [1.82, 2.24) is 0 Å². The van der Waals surface area contributed by atoms with Gasteiger partial charge in [-0.1, -0.05) is 25.1 Å². The second kappa shape index (κ2) is 6.21. The monoisotopic (exact) mass is 248 g/mol. The molecule has 0 bridgehead atoms. The maximum absolute atomic E-state index is 6.18. The van der Waals surface area contributed by atoms with Gasteiger partial charge in [-0.2, -0.15) is 0 Å². The van der Waals surface area contributed by atoms with Gasteiger partial charge in [-0.05, 0) is 30.9 Å². The molecule has 2 unspecified atom stereocenters. The number of para-hydroxylation sites is 1. The fourth-order valence-corrected chi connectivity index (χ4v) is 2.56. The van der Waals surface area contributed by atoms with Crippen LogP contribution in [0.1, 0.15) is 37.8 Å². The van der Waals surface area contributed by atoms with Gasteiger partial charge in [0.05, 0.1) is 6.10 Å². The summed E-state index contributed by atoms with van der Waals surface area (Å²) in [6.07, 6.45) is 3.70. The molecule has 3 heteroatoms. The molecule has 1 saturated heterocycles. The zero-order valence-corrected chi connectivity index (χ0v) is 11.4. The Labute approximate surface area is 110 Å². The number of nitrogens with two attached hydrogens (primary N) is 1. The largest absolute Gasteiger partial charge is 0.376 e. The third kappa shape index (κ3) is 3.03. The molecule has 2 rings (SSSR count). The zero-order valence-electron chi connectivity index (χ0n) is 11.4. The van der Waals surface area contributed by atoms with E-state index >= 15 is 0 Å². The predicted molar refractivity (Wildman–Crippen MR) is 75.9 cm³/mol. The van der Waals surface area contributed by atoms with Crippen molar-refractivity contribution < 1.29 is 4.74 Å². The standard InChI is InChI=1S/C15H24N2O/c1-3-14(16)13-8-4-5-9-15(13)17(2)11-12-7-6-10-18-12/h4-5,8-9,12,14H,3,6-7,10-11,16H2,1-2H3. The minimum atomic E-state index is 0.119. The summed E-state index contributed by atoms with van der Waals surface area (Å²) in [5.41, 5.74) is 8.66. The Hall–Kier alpha value is -1.06. The number of likely N-dealkylation sites (N-methyl/N-ethyl adjacent to an activating group) is 1. The number of hydrogen-bond donors (Lipinski definition) is 1. The maximum Gasteiger partial charge on any atom is 0.0750 e. The van der Waals surface area contributed by atoms with Gasteiger partial charge >= 0.3 is 0 Å². The summed E-state index contributed by atoms with van der Waals surface area (Å²) in [5, 5.41) is 0. The molecule has 0 aromatic heterocycles. The highest BCUT2D eigenvalue weighted by Crippen LogP contribution is 2.27. The van der Waals surface area contributed by atoms with Crippen LogP contribution in [0.3, 0.4) is 0 Å². The van der Waals surface area contributed by atoms with Crippen molar-refractivity contribution in [2.75, 3.05) is 25.1 Å². The molecule has 18 heavy (non-hydrogen) atoms. The summed E-state index contributed by atoms with van der Waals surface area (Å²) < 4.78 is 5.70. The van der Waals surface area contributed by atoms with E-state index < -0.39 is 0 Å². The summed E-state index contributed by atoms with van der Waals surface area (Å²) in [4.78, 5) is 2.28. The lowest BCUT2D eigenvalue weighted by molar-refractivity contribution is 0.116. The highest BCUT2D eigenvalue weighted by Gasteiger charge is 2.19. The third-order valence-electron chi connectivity index (χ3n) is 3.69. The van der Waals surface area contributed by atoms with E-state index in [2.05, 4.69) is 43.1 Å². The Balaban J connectivity index is 2.10. The molecule has 1 aliphatic heterocycles. The van der Waals surface area contributed by atoms with Gasteiger partial charge in [-0.25, -0.2) is 0 Å². The summed E-state index contributed by atoms with van der Waals surface area (Å²) in [6.45, 7) is 3.99. The molecule has 0 aliphatic carbocycles. The van der Waals surface area contributed by atoms with Crippen LogP contribution < -0.4 is 10.6 Å². The smallest absolute Gasteiger partial charge is 0.0750 e. The Morgan fingerprint density at radius 3 is 2.89 bits per heavy atom. The lowest BCUT2D eigenvalue weighted by atomic mass is 10.0. The van der Waals surface area contributed by atoms with E-state index in [0.29, 0.717) is 6.10 Å². The molecule has 1 aromatic carbocycles. The summed E-state index contributed by atoms with van der Waals surface area (Å²) in [7, 11) is 2.13. The first kappa shape index (κ1) is 13.4. The number of hydrogen-bond acceptors (Lipinski definition) is 3. The lowest BCUT2D eigenvalue weighted by Gasteiger charge is -2.26. The molecule has 100 valence electrons. The van der Waals surface area contributed by atoms with Crippen LogP contribution in [0.2, 0.25) is 0 Å². The van der Waals surface area contributed by atoms with E-state index in [1.54, 1.807) is 0 Å². The van der Waals surface area contributed by atoms with Gasteiger partial charge in [0.1, 0.15) is 0 Å². The van der Waals surface area contributed by atoms with Gasteiger partial charge in [0.15, 0.2) is 0 Å². The van der Waals surface area contributed by atoms with Crippen molar-refractivity contribution in [3.63, 3.8) is 0 Å². The van der Waals surface area contributed by atoms with Crippen LogP contribution in [0.15, 0.2) is 24.3 Å². The lowest BCUT2D eigenvalue weighted by Crippen LogP contribution is -2.30. The molecule has 0 spiro atoms. The summed E-state index contributed by atoms with van der Waals surface area (Å²) >= 11 is 0. The van der Waals surface area contributed by atoms with Crippen molar-refractivity contribution in [2.45, 2.75) is 38.3 Å². The molecule has 1 heterocycles. The van der Waals surface area contributed by atoms with Gasteiger partial charge in [0.25, 0.3) is 0 Å².